The van der Waals surface area contributed by atoms with Crippen molar-refractivity contribution in [2.24, 2.45) is 0 Å². The molecule has 0 bridgehead atoms. The molecule has 0 amide bonds. The fraction of sp³-hybridized carbons (Fsp3) is 0.750. The lowest BCUT2D eigenvalue weighted by atomic mass is 10.1. The predicted octanol–water partition coefficient (Wildman–Crippen LogP) is 6.13. The molecule has 2 N–H and O–H groups in total. The molecule has 0 aromatic rings. The third kappa shape index (κ3) is 17.2. The van der Waals surface area contributed by atoms with Gasteiger partial charge < -0.3 is 5.11 Å². The van der Waals surface area contributed by atoms with Crippen molar-refractivity contribution in [3.8, 4) is 0 Å². The second-order valence-electron chi connectivity index (χ2n) is 6.36. The first-order valence-corrected chi connectivity index (χ1v) is 9.56. The van der Waals surface area contributed by atoms with E-state index in [1.54, 1.807) is 6.08 Å². The summed E-state index contributed by atoms with van der Waals surface area (Å²) in [5.41, 5.74) is 0. The van der Waals surface area contributed by atoms with Crippen LogP contribution in [0.4, 0.5) is 0 Å². The maximum absolute atomic E-state index is 10.4. The Balaban J connectivity index is 3.50. The molecule has 0 aromatic heterocycles. The van der Waals surface area contributed by atoms with Gasteiger partial charge in [0.2, 0.25) is 0 Å². The van der Waals surface area contributed by atoms with E-state index in [2.05, 4.69) is 17.9 Å². The number of carboxylic acid groups (broad SMARTS) is 1. The van der Waals surface area contributed by atoms with Crippen molar-refractivity contribution in [3.63, 3.8) is 0 Å². The smallest absolute Gasteiger partial charge is 0.303 e. The van der Waals surface area contributed by atoms with Crippen LogP contribution in [0.15, 0.2) is 24.3 Å². The maximum atomic E-state index is 10.4. The minimum absolute atomic E-state index is 0.0993. The molecule has 1 atom stereocenters. The van der Waals surface area contributed by atoms with Crippen molar-refractivity contribution < 1.29 is 20.0 Å². The lowest BCUT2D eigenvalue weighted by molar-refractivity contribution is -0.267. The van der Waals surface area contributed by atoms with Crippen molar-refractivity contribution in [2.45, 2.75) is 96.5 Å². The van der Waals surface area contributed by atoms with Crippen molar-refractivity contribution in [1.82, 2.24) is 0 Å². The summed E-state index contributed by atoms with van der Waals surface area (Å²) in [6.07, 6.45) is 21.5. The highest BCUT2D eigenvalue weighted by atomic mass is 17.1. The van der Waals surface area contributed by atoms with Gasteiger partial charge in [-0.3, -0.25) is 10.1 Å². The zero-order valence-electron chi connectivity index (χ0n) is 15.3. The number of aliphatic carboxylic acids is 1. The summed E-state index contributed by atoms with van der Waals surface area (Å²) in [5.74, 6) is -0.823. The highest BCUT2D eigenvalue weighted by molar-refractivity contribution is 5.66. The number of hydrogen-bond acceptors (Lipinski definition) is 3. The first-order valence-electron chi connectivity index (χ1n) is 9.56. The third-order valence-electron chi connectivity index (χ3n) is 4.06. The number of rotatable bonds is 17. The number of allylic oxidation sites excluding steroid dienone is 3. The molecule has 0 rings (SSSR count). The van der Waals surface area contributed by atoms with Gasteiger partial charge >= 0.3 is 5.97 Å². The molecular formula is C20H36O4. The van der Waals surface area contributed by atoms with E-state index in [9.17, 15) is 4.79 Å². The first-order chi connectivity index (χ1) is 11.7. The molecule has 0 fully saturated rings. The highest BCUT2D eigenvalue weighted by Gasteiger charge is 2.05. The van der Waals surface area contributed by atoms with Crippen LogP contribution in [0, 0.1) is 0 Å². The third-order valence-corrected chi connectivity index (χ3v) is 4.06. The lowest BCUT2D eigenvalue weighted by Gasteiger charge is -2.06. The molecule has 4 heteroatoms. The van der Waals surface area contributed by atoms with Crippen molar-refractivity contribution >= 4 is 5.97 Å². The molecule has 0 aromatic carbocycles. The van der Waals surface area contributed by atoms with E-state index in [4.69, 9.17) is 10.4 Å². The average molecular weight is 341 g/mol. The summed E-state index contributed by atoms with van der Waals surface area (Å²) in [6.45, 7) is 2.25. The molecular weight excluding hydrogens is 304 g/mol. The molecule has 0 radical (unpaired) electrons. The van der Waals surface area contributed by atoms with Crippen molar-refractivity contribution in [1.29, 1.82) is 0 Å². The van der Waals surface area contributed by atoms with E-state index >= 15 is 0 Å². The summed E-state index contributed by atoms with van der Waals surface area (Å²) < 4.78 is 0. The molecule has 0 aliphatic carbocycles. The maximum Gasteiger partial charge on any atom is 0.303 e. The topological polar surface area (TPSA) is 66.8 Å². The van der Waals surface area contributed by atoms with Gasteiger partial charge in [-0.15, -0.1) is 0 Å². The van der Waals surface area contributed by atoms with Gasteiger partial charge in [-0.05, 0) is 25.7 Å². The van der Waals surface area contributed by atoms with Crippen LogP contribution in [0.5, 0.6) is 0 Å². The Morgan fingerprint density at radius 1 is 0.958 bits per heavy atom. The van der Waals surface area contributed by atoms with E-state index in [0.29, 0.717) is 12.8 Å². The minimum atomic E-state index is -0.823. The standard InChI is InChI=1S/C20H36O4/c1-2-3-4-5-6-7-8-9-10-11-12-13-14-16-19(24-23)17-15-18-20(21)22/h12-14,16,19,23H,2-11,15,17-18H2,1H3,(H,21,22)/b13-12-,16-14+/t19-/m1/s1. The van der Waals surface area contributed by atoms with Crippen molar-refractivity contribution in [2.75, 3.05) is 0 Å². The highest BCUT2D eigenvalue weighted by Crippen LogP contribution is 2.11. The van der Waals surface area contributed by atoms with Crippen LogP contribution in [0.2, 0.25) is 0 Å². The number of unbranched alkanes of at least 4 members (excludes halogenated alkanes) is 9. The van der Waals surface area contributed by atoms with E-state index in [-0.39, 0.29) is 6.42 Å². The molecule has 0 spiro atoms. The van der Waals surface area contributed by atoms with Crippen LogP contribution in [-0.4, -0.2) is 22.4 Å². The Kier molecular flexibility index (Phi) is 17.4. The number of carboxylic acids is 1. The minimum Gasteiger partial charge on any atom is -0.481 e. The Hall–Kier alpha value is -1.13. The molecule has 4 nitrogen and oxygen atoms in total. The largest absolute Gasteiger partial charge is 0.481 e. The SMILES string of the molecule is CCCCCCCCCCC/C=C\C=C\[C@H](CCCC(=O)O)OO. The molecule has 0 unspecified atom stereocenters. The van der Waals surface area contributed by atoms with E-state index in [0.717, 1.165) is 6.42 Å². The lowest BCUT2D eigenvalue weighted by Crippen LogP contribution is -2.08. The summed E-state index contributed by atoms with van der Waals surface area (Å²) in [5, 5.41) is 17.3. The number of hydrogen-bond donors (Lipinski definition) is 2. The van der Waals surface area contributed by atoms with Gasteiger partial charge in [0.1, 0.15) is 6.10 Å². The predicted molar refractivity (Wildman–Crippen MR) is 99.1 cm³/mol. The summed E-state index contributed by atoms with van der Waals surface area (Å²) in [7, 11) is 0. The van der Waals surface area contributed by atoms with Gasteiger partial charge in [-0.25, -0.2) is 4.89 Å². The van der Waals surface area contributed by atoms with Crippen LogP contribution in [0.1, 0.15) is 90.4 Å². The van der Waals surface area contributed by atoms with Crippen LogP contribution < -0.4 is 0 Å². The first kappa shape index (κ1) is 22.9. The second-order valence-corrected chi connectivity index (χ2v) is 6.36. The van der Waals surface area contributed by atoms with Crippen LogP contribution >= 0.6 is 0 Å². The van der Waals surface area contributed by atoms with Crippen molar-refractivity contribution in [3.05, 3.63) is 24.3 Å². The molecule has 0 aliphatic rings. The quantitative estimate of drug-likeness (QED) is 0.145. The fourth-order valence-electron chi connectivity index (χ4n) is 2.57. The monoisotopic (exact) mass is 340 g/mol. The van der Waals surface area contributed by atoms with E-state index in [1.165, 1.54) is 57.8 Å². The Labute approximate surface area is 147 Å². The van der Waals surface area contributed by atoms with Gasteiger partial charge in [0.15, 0.2) is 0 Å². The Morgan fingerprint density at radius 2 is 1.58 bits per heavy atom. The molecule has 0 saturated heterocycles. The van der Waals surface area contributed by atoms with E-state index in [1.807, 2.05) is 12.2 Å². The Bertz CT molecular complexity index is 337. The second kappa shape index (κ2) is 18.2. The Morgan fingerprint density at radius 3 is 2.17 bits per heavy atom. The zero-order valence-corrected chi connectivity index (χ0v) is 15.3. The molecule has 0 heterocycles. The number of carbonyl (C=O) groups is 1. The molecule has 0 saturated carbocycles. The summed E-state index contributed by atoms with van der Waals surface area (Å²) >= 11 is 0. The van der Waals surface area contributed by atoms with Gasteiger partial charge in [0.25, 0.3) is 0 Å². The van der Waals surface area contributed by atoms with Gasteiger partial charge in [0, 0.05) is 6.42 Å². The van der Waals surface area contributed by atoms with Crippen LogP contribution in [0.3, 0.4) is 0 Å². The summed E-state index contributed by atoms with van der Waals surface area (Å²) in [4.78, 5) is 14.7. The van der Waals surface area contributed by atoms with Gasteiger partial charge in [-0.2, -0.15) is 0 Å². The van der Waals surface area contributed by atoms with Crippen LogP contribution in [0.25, 0.3) is 0 Å². The van der Waals surface area contributed by atoms with Gasteiger partial charge in [0.05, 0.1) is 0 Å². The van der Waals surface area contributed by atoms with E-state index < -0.39 is 12.1 Å². The fourth-order valence-corrected chi connectivity index (χ4v) is 2.57. The molecule has 140 valence electrons. The summed E-state index contributed by atoms with van der Waals surface area (Å²) in [6, 6.07) is 0. The molecule has 0 aliphatic heterocycles. The average Bonchev–Trinajstić information content (AvgIpc) is 2.57. The molecule has 24 heavy (non-hydrogen) atoms. The van der Waals surface area contributed by atoms with Crippen LogP contribution in [-0.2, 0) is 9.68 Å². The zero-order chi connectivity index (χ0) is 17.9. The normalized spacial score (nSPS) is 13.1. The van der Waals surface area contributed by atoms with Gasteiger partial charge in [-0.1, -0.05) is 82.6 Å².